The molecule has 27 heavy (non-hydrogen) atoms. The molecule has 1 N–H and O–H groups in total. The van der Waals surface area contributed by atoms with Crippen molar-refractivity contribution in [3.8, 4) is 16.9 Å². The van der Waals surface area contributed by atoms with Crippen molar-refractivity contribution in [2.24, 2.45) is 5.92 Å². The second-order valence-electron chi connectivity index (χ2n) is 7.83. The summed E-state index contributed by atoms with van der Waals surface area (Å²) >= 11 is 0. The largest absolute Gasteiger partial charge is 0.492 e. The van der Waals surface area contributed by atoms with Crippen LogP contribution in [0.1, 0.15) is 38.6 Å². The van der Waals surface area contributed by atoms with Crippen LogP contribution in [0.3, 0.4) is 0 Å². The molecule has 0 radical (unpaired) electrons. The third kappa shape index (κ3) is 2.73. The van der Waals surface area contributed by atoms with Crippen molar-refractivity contribution in [2.45, 2.75) is 12.3 Å². The van der Waals surface area contributed by atoms with Crippen LogP contribution in [0.25, 0.3) is 11.1 Å². The van der Waals surface area contributed by atoms with Gasteiger partial charge >= 0.3 is 0 Å². The third-order valence-electron chi connectivity index (χ3n) is 6.05. The number of carbonyl (C=O) groups excluding carboxylic acids is 2. The zero-order valence-corrected chi connectivity index (χ0v) is 15.3. The van der Waals surface area contributed by atoms with E-state index in [0.717, 1.165) is 41.9 Å². The fourth-order valence-corrected chi connectivity index (χ4v) is 4.66. The number of rotatable bonds is 1. The molecular weight excluding hydrogens is 340 g/mol. The summed E-state index contributed by atoms with van der Waals surface area (Å²) in [6.07, 6.45) is 0.416. The second kappa shape index (κ2) is 6.20. The number of nitrogens with zero attached hydrogens (tertiary/aromatic N) is 1. The second-order valence-corrected chi connectivity index (χ2v) is 7.83. The molecule has 0 bridgehead atoms. The van der Waals surface area contributed by atoms with Crippen LogP contribution in [0.4, 0.5) is 0 Å². The lowest BCUT2D eigenvalue weighted by Gasteiger charge is -2.18. The van der Waals surface area contributed by atoms with Gasteiger partial charge in [0.25, 0.3) is 5.91 Å². The molecule has 0 unspecified atom stereocenters. The first-order chi connectivity index (χ1) is 13.1. The Labute approximate surface area is 158 Å². The molecule has 5 rings (SSSR count). The normalized spacial score (nSPS) is 24.3. The molecule has 0 saturated carbocycles. The fraction of sp³-hybridized carbons (Fsp3) is 0.364. The minimum Gasteiger partial charge on any atom is -0.492 e. The van der Waals surface area contributed by atoms with Crippen LogP contribution in [0, 0.1) is 5.92 Å². The summed E-state index contributed by atoms with van der Waals surface area (Å²) in [5.74, 6) is 1.61. The topological polar surface area (TPSA) is 58.6 Å². The van der Waals surface area contributed by atoms with E-state index in [-0.39, 0.29) is 11.7 Å². The molecule has 2 atom stereocenters. The Hall–Kier alpha value is -2.66. The number of benzene rings is 2. The number of ether oxygens (including phenoxy) is 1. The highest BCUT2D eigenvalue weighted by molar-refractivity contribution is 6.01. The number of likely N-dealkylation sites (tertiary alicyclic amines) is 1. The number of likely N-dealkylation sites (N-methyl/N-ethyl adjacent to an activating group) is 1. The summed E-state index contributed by atoms with van der Waals surface area (Å²) in [7, 11) is 2.14. The van der Waals surface area contributed by atoms with Crippen LogP contribution >= 0.6 is 0 Å². The van der Waals surface area contributed by atoms with Gasteiger partial charge in [0.2, 0.25) is 0 Å². The molecule has 3 aliphatic rings. The Bertz CT molecular complexity index is 953. The van der Waals surface area contributed by atoms with Crippen molar-refractivity contribution < 1.29 is 14.3 Å². The van der Waals surface area contributed by atoms with E-state index in [4.69, 9.17) is 4.74 Å². The van der Waals surface area contributed by atoms with E-state index in [2.05, 4.69) is 29.4 Å². The predicted octanol–water partition coefficient (Wildman–Crippen LogP) is 2.71. The number of Topliss-reactive ketones (excluding diaryl/α,β-unsaturated/α-hetero) is 1. The summed E-state index contributed by atoms with van der Waals surface area (Å²) in [6.45, 7) is 3.17. The Morgan fingerprint density at radius 2 is 1.81 bits per heavy atom. The molecule has 5 nitrogen and oxygen atoms in total. The minimum absolute atomic E-state index is 0.00118. The van der Waals surface area contributed by atoms with Crippen LogP contribution in [0.5, 0.6) is 5.75 Å². The smallest absolute Gasteiger partial charge is 0.251 e. The van der Waals surface area contributed by atoms with E-state index >= 15 is 0 Å². The molecule has 2 aromatic carbocycles. The summed E-state index contributed by atoms with van der Waals surface area (Å²) in [5, 5.41) is 3.09. The maximum Gasteiger partial charge on any atom is 0.251 e. The average Bonchev–Trinajstić information content (AvgIpc) is 3.00. The van der Waals surface area contributed by atoms with Crippen molar-refractivity contribution in [3.63, 3.8) is 0 Å². The first-order valence-electron chi connectivity index (χ1n) is 9.51. The Morgan fingerprint density at radius 3 is 2.67 bits per heavy atom. The average molecular weight is 362 g/mol. The summed E-state index contributed by atoms with van der Waals surface area (Å²) in [6, 6.07) is 11.8. The molecule has 2 aromatic rings. The van der Waals surface area contributed by atoms with Gasteiger partial charge in [0.05, 0.1) is 12.2 Å². The molecule has 1 saturated heterocycles. The molecule has 0 spiro atoms. The van der Waals surface area contributed by atoms with Crippen molar-refractivity contribution in [1.29, 1.82) is 0 Å². The highest BCUT2D eigenvalue weighted by atomic mass is 16.5. The van der Waals surface area contributed by atoms with Crippen LogP contribution in [-0.4, -0.2) is 49.9 Å². The van der Waals surface area contributed by atoms with Crippen LogP contribution in [0.15, 0.2) is 36.4 Å². The van der Waals surface area contributed by atoms with Gasteiger partial charge in [-0.05, 0) is 47.9 Å². The van der Waals surface area contributed by atoms with Gasteiger partial charge in [-0.1, -0.05) is 18.2 Å². The van der Waals surface area contributed by atoms with Crippen LogP contribution < -0.4 is 10.1 Å². The molecule has 3 aliphatic heterocycles. The SMILES string of the molecule is CN1C[C@@H]2CNC(=O)c3cc(-c4ccc5c(c4)C(=O)CCO5)ccc3[C@H]2C1. The number of carbonyl (C=O) groups is 2. The van der Waals surface area contributed by atoms with E-state index in [9.17, 15) is 9.59 Å². The van der Waals surface area contributed by atoms with E-state index in [1.54, 1.807) is 0 Å². The van der Waals surface area contributed by atoms with Crippen molar-refractivity contribution >= 4 is 11.7 Å². The Balaban J connectivity index is 1.57. The van der Waals surface area contributed by atoms with E-state index in [0.29, 0.717) is 36.2 Å². The van der Waals surface area contributed by atoms with Gasteiger partial charge in [0.1, 0.15) is 5.75 Å². The zero-order chi connectivity index (χ0) is 18.5. The van der Waals surface area contributed by atoms with E-state index in [1.807, 2.05) is 24.3 Å². The van der Waals surface area contributed by atoms with Crippen molar-refractivity contribution in [1.82, 2.24) is 10.2 Å². The standard InChI is InChI=1S/C22H22N2O3/c1-24-11-15-10-23-22(26)17-8-13(2-4-16(17)19(15)12-24)14-3-5-21-18(9-14)20(25)6-7-27-21/h2-5,8-9,15,19H,6-7,10-12H2,1H3,(H,23,26)/t15-,19-/m0/s1. The van der Waals surface area contributed by atoms with Crippen molar-refractivity contribution in [3.05, 3.63) is 53.1 Å². The van der Waals surface area contributed by atoms with Gasteiger partial charge in [-0.15, -0.1) is 0 Å². The van der Waals surface area contributed by atoms with Gasteiger partial charge < -0.3 is 15.0 Å². The number of nitrogens with one attached hydrogen (secondary N) is 1. The van der Waals surface area contributed by atoms with Crippen LogP contribution in [-0.2, 0) is 0 Å². The molecule has 0 aromatic heterocycles. The number of fused-ring (bicyclic) bond motifs is 4. The molecule has 1 amide bonds. The first-order valence-corrected chi connectivity index (χ1v) is 9.51. The monoisotopic (exact) mass is 362 g/mol. The summed E-state index contributed by atoms with van der Waals surface area (Å²) in [5.41, 5.74) is 4.43. The maximum absolute atomic E-state index is 12.7. The number of ketones is 1. The van der Waals surface area contributed by atoms with Gasteiger partial charge in [0.15, 0.2) is 5.78 Å². The lowest BCUT2D eigenvalue weighted by molar-refractivity contribution is 0.0930. The molecule has 5 heteroatoms. The molecule has 0 aliphatic carbocycles. The van der Waals surface area contributed by atoms with Gasteiger partial charge in [-0.2, -0.15) is 0 Å². The van der Waals surface area contributed by atoms with Gasteiger partial charge in [-0.3, -0.25) is 9.59 Å². The van der Waals surface area contributed by atoms with Crippen LogP contribution in [0.2, 0.25) is 0 Å². The molecule has 1 fully saturated rings. The molecular formula is C22H22N2O3. The van der Waals surface area contributed by atoms with Gasteiger partial charge in [-0.25, -0.2) is 0 Å². The lowest BCUT2D eigenvalue weighted by atomic mass is 9.86. The molecule has 138 valence electrons. The minimum atomic E-state index is 0.00118. The molecule has 3 heterocycles. The lowest BCUT2D eigenvalue weighted by Crippen LogP contribution is -2.29. The highest BCUT2D eigenvalue weighted by Gasteiger charge is 2.36. The van der Waals surface area contributed by atoms with Crippen molar-refractivity contribution in [2.75, 3.05) is 33.3 Å². The summed E-state index contributed by atoms with van der Waals surface area (Å²) in [4.78, 5) is 27.2. The quantitative estimate of drug-likeness (QED) is 0.847. The maximum atomic E-state index is 12.7. The van der Waals surface area contributed by atoms with Gasteiger partial charge in [0, 0.05) is 37.5 Å². The van der Waals surface area contributed by atoms with E-state index < -0.39 is 0 Å². The Kier molecular flexibility index (Phi) is 3.79. The Morgan fingerprint density at radius 1 is 1.04 bits per heavy atom. The zero-order valence-electron chi connectivity index (χ0n) is 15.3. The number of amides is 1. The first kappa shape index (κ1) is 16.5. The predicted molar refractivity (Wildman–Crippen MR) is 102 cm³/mol. The van der Waals surface area contributed by atoms with E-state index in [1.165, 1.54) is 0 Å². The number of hydrogen-bond donors (Lipinski definition) is 1. The summed E-state index contributed by atoms with van der Waals surface area (Å²) < 4.78 is 5.58. The number of hydrogen-bond acceptors (Lipinski definition) is 4. The highest BCUT2D eigenvalue weighted by Crippen LogP contribution is 2.38. The third-order valence-corrected chi connectivity index (χ3v) is 6.05. The fourth-order valence-electron chi connectivity index (χ4n) is 4.66.